The van der Waals surface area contributed by atoms with E-state index in [0.29, 0.717) is 10.8 Å². The van der Waals surface area contributed by atoms with Crippen LogP contribution < -0.4 is 0 Å². The fraction of sp³-hybridized carbons (Fsp3) is 0. The Morgan fingerprint density at radius 3 is 2.65 bits per heavy atom. The van der Waals surface area contributed by atoms with Crippen molar-refractivity contribution in [1.29, 1.82) is 0 Å². The lowest BCUT2D eigenvalue weighted by Gasteiger charge is -2.03. The number of pyridine rings is 1. The van der Waals surface area contributed by atoms with Gasteiger partial charge in [-0.3, -0.25) is 4.55 Å². The molecule has 0 saturated carbocycles. The van der Waals surface area contributed by atoms with Gasteiger partial charge in [0.25, 0.3) is 0 Å². The first kappa shape index (κ1) is 11.5. The molecule has 1 heterocycles. The van der Waals surface area contributed by atoms with Gasteiger partial charge >= 0.3 is 16.4 Å². The Labute approximate surface area is 96.8 Å². The van der Waals surface area contributed by atoms with Crippen LogP contribution in [0.25, 0.3) is 10.8 Å². The van der Waals surface area contributed by atoms with Gasteiger partial charge in [0.15, 0.2) is 5.69 Å². The molecular weight excluding hydrogens is 246 g/mol. The summed E-state index contributed by atoms with van der Waals surface area (Å²) in [6.45, 7) is 0. The van der Waals surface area contributed by atoms with Crippen LogP contribution in [0.15, 0.2) is 36.5 Å². The van der Waals surface area contributed by atoms with Crippen molar-refractivity contribution >= 4 is 27.1 Å². The summed E-state index contributed by atoms with van der Waals surface area (Å²) < 4.78 is 33.2. The third kappa shape index (κ3) is 2.58. The van der Waals surface area contributed by atoms with Gasteiger partial charge < -0.3 is 4.18 Å². The van der Waals surface area contributed by atoms with Gasteiger partial charge in [0.2, 0.25) is 0 Å². The number of hydrogen-bond acceptors (Lipinski definition) is 5. The van der Waals surface area contributed by atoms with Gasteiger partial charge in [-0.05, 0) is 11.5 Å². The number of carbonyl (C=O) groups is 1. The Morgan fingerprint density at radius 2 is 1.94 bits per heavy atom. The van der Waals surface area contributed by atoms with Crippen molar-refractivity contribution in [2.24, 2.45) is 0 Å². The standard InChI is InChI=1S/C10H7NO5S/c12-10(16-17(13,14)15)9-8-4-2-1-3-7(8)5-6-11-9/h1-6H,(H,13,14,15). The van der Waals surface area contributed by atoms with Crippen molar-refractivity contribution in [2.75, 3.05) is 0 Å². The Kier molecular flexibility index (Phi) is 2.78. The minimum atomic E-state index is -4.83. The molecule has 0 atom stereocenters. The second-order valence-corrected chi connectivity index (χ2v) is 4.20. The van der Waals surface area contributed by atoms with Gasteiger partial charge in [-0.1, -0.05) is 24.3 Å². The van der Waals surface area contributed by atoms with E-state index in [1.165, 1.54) is 6.20 Å². The first-order valence-electron chi connectivity index (χ1n) is 4.52. The van der Waals surface area contributed by atoms with E-state index in [1.54, 1.807) is 30.3 Å². The van der Waals surface area contributed by atoms with E-state index >= 15 is 0 Å². The zero-order chi connectivity index (χ0) is 12.5. The van der Waals surface area contributed by atoms with Gasteiger partial charge in [0.1, 0.15) is 0 Å². The second kappa shape index (κ2) is 4.11. The fourth-order valence-corrected chi connectivity index (χ4v) is 1.69. The number of hydrogen-bond donors (Lipinski definition) is 1. The van der Waals surface area contributed by atoms with Gasteiger partial charge in [-0.15, -0.1) is 0 Å². The molecule has 1 aromatic heterocycles. The van der Waals surface area contributed by atoms with Crippen molar-refractivity contribution in [2.45, 2.75) is 0 Å². The Hall–Kier alpha value is -1.99. The van der Waals surface area contributed by atoms with Crippen LogP contribution in [0, 0.1) is 0 Å². The molecule has 6 nitrogen and oxygen atoms in total. The summed E-state index contributed by atoms with van der Waals surface area (Å²) in [6, 6.07) is 8.44. The first-order valence-corrected chi connectivity index (χ1v) is 5.89. The van der Waals surface area contributed by atoms with Crippen LogP contribution in [0.5, 0.6) is 0 Å². The molecule has 88 valence electrons. The highest BCUT2D eigenvalue weighted by Crippen LogP contribution is 2.17. The highest BCUT2D eigenvalue weighted by Gasteiger charge is 2.19. The molecule has 17 heavy (non-hydrogen) atoms. The molecule has 1 N–H and O–H groups in total. The summed E-state index contributed by atoms with van der Waals surface area (Å²) in [4.78, 5) is 15.2. The first-order chi connectivity index (χ1) is 7.97. The fourth-order valence-electron chi connectivity index (χ4n) is 1.42. The maximum atomic E-state index is 11.5. The summed E-state index contributed by atoms with van der Waals surface area (Å²) in [5, 5.41) is 1.16. The van der Waals surface area contributed by atoms with Crippen molar-refractivity contribution < 1.29 is 21.9 Å². The molecule has 0 aliphatic heterocycles. The molecule has 0 aliphatic rings. The van der Waals surface area contributed by atoms with Crippen molar-refractivity contribution in [3.8, 4) is 0 Å². The van der Waals surface area contributed by atoms with Crippen molar-refractivity contribution in [1.82, 2.24) is 4.98 Å². The molecule has 0 fully saturated rings. The van der Waals surface area contributed by atoms with E-state index in [1.807, 2.05) is 0 Å². The Balaban J connectivity index is 2.52. The number of aromatic nitrogens is 1. The van der Waals surface area contributed by atoms with Crippen LogP contribution in [0.1, 0.15) is 10.5 Å². The average molecular weight is 253 g/mol. The van der Waals surface area contributed by atoms with E-state index in [2.05, 4.69) is 9.17 Å². The largest absolute Gasteiger partial charge is 0.449 e. The zero-order valence-electron chi connectivity index (χ0n) is 8.40. The lowest BCUT2D eigenvalue weighted by molar-refractivity contribution is 0.0723. The number of fused-ring (bicyclic) bond motifs is 1. The van der Waals surface area contributed by atoms with Gasteiger partial charge in [-0.2, -0.15) is 8.42 Å². The molecule has 7 heteroatoms. The summed E-state index contributed by atoms with van der Waals surface area (Å²) in [5.41, 5.74) is -0.166. The maximum Gasteiger partial charge on any atom is 0.449 e. The average Bonchev–Trinajstić information content (AvgIpc) is 2.26. The summed E-state index contributed by atoms with van der Waals surface area (Å²) in [6.07, 6.45) is 1.35. The van der Waals surface area contributed by atoms with Crippen LogP contribution >= 0.6 is 0 Å². The third-order valence-electron chi connectivity index (χ3n) is 2.05. The molecule has 1 aromatic carbocycles. The molecule has 2 rings (SSSR count). The maximum absolute atomic E-state index is 11.5. The van der Waals surface area contributed by atoms with E-state index in [9.17, 15) is 13.2 Å². The summed E-state index contributed by atoms with van der Waals surface area (Å²) in [5.74, 6) is -1.22. The molecule has 0 amide bonds. The highest BCUT2D eigenvalue weighted by atomic mass is 32.3. The molecule has 0 bridgehead atoms. The zero-order valence-corrected chi connectivity index (χ0v) is 9.22. The number of benzene rings is 1. The third-order valence-corrected chi connectivity index (χ3v) is 2.41. The van der Waals surface area contributed by atoms with E-state index < -0.39 is 16.4 Å². The molecule has 0 unspecified atom stereocenters. The van der Waals surface area contributed by atoms with E-state index in [-0.39, 0.29) is 5.69 Å². The molecule has 0 aliphatic carbocycles. The van der Waals surface area contributed by atoms with Crippen LogP contribution in [0.4, 0.5) is 0 Å². The smallest absolute Gasteiger partial charge is 0.319 e. The van der Waals surface area contributed by atoms with E-state index in [4.69, 9.17) is 4.55 Å². The Bertz CT molecular complexity index is 675. The van der Waals surface area contributed by atoms with E-state index in [0.717, 1.165) is 0 Å². The molecule has 0 spiro atoms. The monoisotopic (exact) mass is 253 g/mol. The summed E-state index contributed by atoms with van der Waals surface area (Å²) in [7, 11) is -4.83. The van der Waals surface area contributed by atoms with Crippen molar-refractivity contribution in [3.05, 3.63) is 42.2 Å². The van der Waals surface area contributed by atoms with Crippen LogP contribution in [0.2, 0.25) is 0 Å². The molecule has 0 radical (unpaired) electrons. The number of carbonyl (C=O) groups excluding carboxylic acids is 1. The second-order valence-electron chi connectivity index (χ2n) is 3.18. The Morgan fingerprint density at radius 1 is 1.24 bits per heavy atom. The quantitative estimate of drug-likeness (QED) is 0.808. The van der Waals surface area contributed by atoms with Crippen LogP contribution in [0.3, 0.4) is 0 Å². The molecule has 2 aromatic rings. The van der Waals surface area contributed by atoms with Crippen molar-refractivity contribution in [3.63, 3.8) is 0 Å². The van der Waals surface area contributed by atoms with Gasteiger partial charge in [0, 0.05) is 11.6 Å². The topological polar surface area (TPSA) is 93.6 Å². The number of nitrogens with zero attached hydrogens (tertiary/aromatic N) is 1. The van der Waals surface area contributed by atoms with Gasteiger partial charge in [-0.25, -0.2) is 9.78 Å². The predicted octanol–water partition coefficient (Wildman–Crippen LogP) is 1.19. The SMILES string of the molecule is O=C(OS(=O)(=O)O)c1nccc2ccccc12. The normalized spacial score (nSPS) is 11.4. The predicted molar refractivity (Wildman–Crippen MR) is 58.7 cm³/mol. The number of rotatable bonds is 2. The molecular formula is C10H7NO5S. The van der Waals surface area contributed by atoms with Crippen LogP contribution in [-0.4, -0.2) is 23.9 Å². The minimum absolute atomic E-state index is 0.166. The lowest BCUT2D eigenvalue weighted by atomic mass is 10.1. The summed E-state index contributed by atoms with van der Waals surface area (Å²) >= 11 is 0. The highest BCUT2D eigenvalue weighted by molar-refractivity contribution is 7.81. The van der Waals surface area contributed by atoms with Gasteiger partial charge in [0.05, 0.1) is 0 Å². The molecule has 0 saturated heterocycles. The lowest BCUT2D eigenvalue weighted by Crippen LogP contribution is -2.13. The minimum Gasteiger partial charge on any atom is -0.319 e. The van der Waals surface area contributed by atoms with Crippen LogP contribution in [-0.2, 0) is 14.6 Å².